The summed E-state index contributed by atoms with van der Waals surface area (Å²) in [5, 5.41) is 10.1. The molecule has 0 fully saturated rings. The summed E-state index contributed by atoms with van der Waals surface area (Å²) in [7, 11) is 1.99. The maximum Gasteiger partial charge on any atom is 0.0610 e. The van der Waals surface area contributed by atoms with E-state index in [-0.39, 0.29) is 12.1 Å². The van der Waals surface area contributed by atoms with Gasteiger partial charge in [-0.3, -0.25) is 4.90 Å². The minimum atomic E-state index is -0.228. The van der Waals surface area contributed by atoms with Crippen LogP contribution in [0.2, 0.25) is 5.02 Å². The zero-order chi connectivity index (χ0) is 12.3. The molecule has 0 aliphatic carbocycles. The van der Waals surface area contributed by atoms with Gasteiger partial charge < -0.3 is 5.11 Å². The molecule has 1 aromatic rings. The summed E-state index contributed by atoms with van der Waals surface area (Å²) >= 11 is 6.18. The van der Waals surface area contributed by atoms with Crippen LogP contribution in [-0.4, -0.2) is 29.2 Å². The van der Waals surface area contributed by atoms with Crippen molar-refractivity contribution in [2.75, 3.05) is 13.7 Å². The van der Waals surface area contributed by atoms with Crippen molar-refractivity contribution < 1.29 is 5.11 Å². The molecule has 0 aliphatic heterocycles. The fourth-order valence-corrected chi connectivity index (χ4v) is 1.67. The molecule has 16 heavy (non-hydrogen) atoms. The molecule has 0 saturated heterocycles. The predicted molar refractivity (Wildman–Crippen MR) is 68.8 cm³/mol. The van der Waals surface area contributed by atoms with Gasteiger partial charge in [-0.2, -0.15) is 0 Å². The Morgan fingerprint density at radius 2 is 2.00 bits per heavy atom. The van der Waals surface area contributed by atoms with Crippen LogP contribution in [0.5, 0.6) is 0 Å². The van der Waals surface area contributed by atoms with Gasteiger partial charge in [0.05, 0.1) is 6.61 Å². The van der Waals surface area contributed by atoms with Crippen LogP contribution in [0.15, 0.2) is 18.2 Å². The summed E-state index contributed by atoms with van der Waals surface area (Å²) < 4.78 is 0. The average Bonchev–Trinajstić information content (AvgIpc) is 2.22. The number of aryl methyl sites for hydroxylation is 1. The van der Waals surface area contributed by atoms with Gasteiger partial charge in [0, 0.05) is 17.1 Å². The molecule has 1 aromatic carbocycles. The summed E-state index contributed by atoms with van der Waals surface area (Å²) in [6, 6.07) is 6.07. The molecule has 1 N–H and O–H groups in total. The van der Waals surface area contributed by atoms with Crippen molar-refractivity contribution in [1.82, 2.24) is 4.90 Å². The highest BCUT2D eigenvalue weighted by molar-refractivity contribution is 6.31. The van der Waals surface area contributed by atoms with E-state index in [1.165, 1.54) is 0 Å². The quantitative estimate of drug-likeness (QED) is 0.876. The highest BCUT2D eigenvalue weighted by atomic mass is 35.5. The third-order valence-electron chi connectivity index (χ3n) is 3.04. The van der Waals surface area contributed by atoms with Crippen LogP contribution in [0.1, 0.15) is 25.0 Å². The first kappa shape index (κ1) is 13.5. The van der Waals surface area contributed by atoms with Gasteiger partial charge in [0.15, 0.2) is 0 Å². The first-order chi connectivity index (χ1) is 7.36. The van der Waals surface area contributed by atoms with E-state index in [0.29, 0.717) is 0 Å². The Kier molecular flexibility index (Phi) is 4.36. The molecule has 0 radical (unpaired) electrons. The van der Waals surface area contributed by atoms with Crippen molar-refractivity contribution in [3.8, 4) is 0 Å². The van der Waals surface area contributed by atoms with E-state index < -0.39 is 0 Å². The maximum atomic E-state index is 9.28. The highest BCUT2D eigenvalue weighted by Gasteiger charge is 2.22. The molecule has 0 bridgehead atoms. The Labute approximate surface area is 103 Å². The predicted octanol–water partition coefficient (Wildman–Crippen LogP) is 2.85. The summed E-state index contributed by atoms with van der Waals surface area (Å²) in [5.41, 5.74) is 2.03. The summed E-state index contributed by atoms with van der Waals surface area (Å²) in [6.07, 6.45) is 0. The standard InChI is InChI=1S/C13H20ClNO/c1-10-5-6-11(12(14)7-10)8-15(4)13(2,3)9-16/h5-7,16H,8-9H2,1-4H3. The number of hydrogen-bond acceptors (Lipinski definition) is 2. The maximum absolute atomic E-state index is 9.28. The Bertz CT molecular complexity index is 363. The van der Waals surface area contributed by atoms with Crippen LogP contribution >= 0.6 is 11.6 Å². The Morgan fingerprint density at radius 1 is 1.38 bits per heavy atom. The van der Waals surface area contributed by atoms with Gasteiger partial charge in [-0.25, -0.2) is 0 Å². The number of aliphatic hydroxyl groups is 1. The van der Waals surface area contributed by atoms with Gasteiger partial charge in [0.2, 0.25) is 0 Å². The number of likely N-dealkylation sites (N-methyl/N-ethyl adjacent to an activating group) is 1. The van der Waals surface area contributed by atoms with E-state index in [0.717, 1.165) is 22.7 Å². The molecule has 0 aromatic heterocycles. The van der Waals surface area contributed by atoms with Gasteiger partial charge in [-0.15, -0.1) is 0 Å². The van der Waals surface area contributed by atoms with E-state index in [2.05, 4.69) is 11.0 Å². The zero-order valence-electron chi connectivity index (χ0n) is 10.4. The fraction of sp³-hybridized carbons (Fsp3) is 0.538. The smallest absolute Gasteiger partial charge is 0.0610 e. The van der Waals surface area contributed by atoms with E-state index in [9.17, 15) is 5.11 Å². The zero-order valence-corrected chi connectivity index (χ0v) is 11.2. The summed E-state index contributed by atoms with van der Waals surface area (Å²) in [6.45, 7) is 6.92. The molecule has 0 aliphatic rings. The van der Waals surface area contributed by atoms with E-state index in [4.69, 9.17) is 11.6 Å². The Morgan fingerprint density at radius 3 is 2.50 bits per heavy atom. The van der Waals surface area contributed by atoms with Crippen LogP contribution in [0, 0.1) is 6.92 Å². The number of hydrogen-bond donors (Lipinski definition) is 1. The Balaban J connectivity index is 2.81. The molecule has 0 saturated carbocycles. The molecule has 0 unspecified atom stereocenters. The number of benzene rings is 1. The average molecular weight is 242 g/mol. The normalized spacial score (nSPS) is 12.2. The molecular formula is C13H20ClNO. The number of halogens is 1. The van der Waals surface area contributed by atoms with Gasteiger partial charge in [-0.1, -0.05) is 23.7 Å². The minimum Gasteiger partial charge on any atom is -0.394 e. The van der Waals surface area contributed by atoms with Crippen LogP contribution in [0.3, 0.4) is 0 Å². The van der Waals surface area contributed by atoms with Gasteiger partial charge in [0.1, 0.15) is 0 Å². The van der Waals surface area contributed by atoms with Crippen molar-refractivity contribution >= 4 is 11.6 Å². The van der Waals surface area contributed by atoms with Crippen molar-refractivity contribution in [2.45, 2.75) is 32.9 Å². The van der Waals surface area contributed by atoms with E-state index in [1.54, 1.807) is 0 Å². The monoisotopic (exact) mass is 241 g/mol. The van der Waals surface area contributed by atoms with Gasteiger partial charge in [0.25, 0.3) is 0 Å². The molecule has 90 valence electrons. The van der Waals surface area contributed by atoms with E-state index in [1.807, 2.05) is 40.0 Å². The lowest BCUT2D eigenvalue weighted by atomic mass is 10.0. The second-order valence-electron chi connectivity index (χ2n) is 4.92. The third kappa shape index (κ3) is 3.21. The molecule has 1 rings (SSSR count). The van der Waals surface area contributed by atoms with Crippen LogP contribution in [0.25, 0.3) is 0 Å². The second-order valence-corrected chi connectivity index (χ2v) is 5.33. The largest absolute Gasteiger partial charge is 0.394 e. The minimum absolute atomic E-state index is 0.132. The molecule has 0 atom stereocenters. The number of rotatable bonds is 4. The molecule has 0 amide bonds. The molecule has 3 heteroatoms. The van der Waals surface area contributed by atoms with Crippen molar-refractivity contribution in [1.29, 1.82) is 0 Å². The number of aliphatic hydroxyl groups excluding tert-OH is 1. The first-order valence-electron chi connectivity index (χ1n) is 5.44. The third-order valence-corrected chi connectivity index (χ3v) is 3.39. The molecule has 0 spiro atoms. The fourth-order valence-electron chi connectivity index (χ4n) is 1.37. The lowest BCUT2D eigenvalue weighted by molar-refractivity contribution is 0.0734. The summed E-state index contributed by atoms with van der Waals surface area (Å²) in [4.78, 5) is 2.10. The summed E-state index contributed by atoms with van der Waals surface area (Å²) in [5.74, 6) is 0. The first-order valence-corrected chi connectivity index (χ1v) is 5.82. The van der Waals surface area contributed by atoms with E-state index >= 15 is 0 Å². The van der Waals surface area contributed by atoms with Crippen LogP contribution in [0.4, 0.5) is 0 Å². The lowest BCUT2D eigenvalue weighted by Gasteiger charge is -2.34. The highest BCUT2D eigenvalue weighted by Crippen LogP contribution is 2.22. The Hall–Kier alpha value is -0.570. The van der Waals surface area contributed by atoms with Crippen molar-refractivity contribution in [3.05, 3.63) is 34.3 Å². The lowest BCUT2D eigenvalue weighted by Crippen LogP contribution is -2.43. The van der Waals surface area contributed by atoms with Gasteiger partial charge in [-0.05, 0) is 45.0 Å². The molecule has 0 heterocycles. The molecule has 2 nitrogen and oxygen atoms in total. The van der Waals surface area contributed by atoms with Crippen LogP contribution in [-0.2, 0) is 6.54 Å². The molecular weight excluding hydrogens is 222 g/mol. The van der Waals surface area contributed by atoms with Crippen molar-refractivity contribution in [2.24, 2.45) is 0 Å². The second kappa shape index (κ2) is 5.17. The van der Waals surface area contributed by atoms with Crippen LogP contribution < -0.4 is 0 Å². The SMILES string of the molecule is Cc1ccc(CN(C)C(C)(C)CO)c(Cl)c1. The topological polar surface area (TPSA) is 23.5 Å². The number of nitrogens with zero attached hydrogens (tertiary/aromatic N) is 1. The van der Waals surface area contributed by atoms with Gasteiger partial charge >= 0.3 is 0 Å². The van der Waals surface area contributed by atoms with Crippen molar-refractivity contribution in [3.63, 3.8) is 0 Å².